The second-order valence-electron chi connectivity index (χ2n) is 5.89. The van der Waals surface area contributed by atoms with E-state index in [9.17, 15) is 13.2 Å². The Morgan fingerprint density at radius 3 is 2.77 bits per heavy atom. The van der Waals surface area contributed by atoms with E-state index in [2.05, 4.69) is 20.3 Å². The number of halogens is 4. The highest BCUT2D eigenvalue weighted by Crippen LogP contribution is 2.31. The zero-order chi connectivity index (χ0) is 17.9. The Kier molecular flexibility index (Phi) is 7.19. The van der Waals surface area contributed by atoms with Crippen molar-refractivity contribution < 1.29 is 17.9 Å². The molecule has 1 N–H and O–H groups in total. The summed E-state index contributed by atoms with van der Waals surface area (Å²) in [5.74, 6) is 1.37. The Bertz CT molecular complexity index is 720. The lowest BCUT2D eigenvalue weighted by Gasteiger charge is -2.21. The molecular weight excluding hydrogens is 389 g/mol. The number of ether oxygens (including phenoxy) is 1. The molecule has 1 aliphatic rings. The zero-order valence-corrected chi connectivity index (χ0v) is 15.8. The zero-order valence-electron chi connectivity index (χ0n) is 14.1. The van der Waals surface area contributed by atoms with Crippen molar-refractivity contribution in [3.8, 4) is 5.75 Å². The monoisotopic (exact) mass is 408 g/mol. The van der Waals surface area contributed by atoms with Crippen molar-refractivity contribution in [3.05, 3.63) is 35.7 Å². The van der Waals surface area contributed by atoms with Crippen LogP contribution in [0.3, 0.4) is 0 Å². The van der Waals surface area contributed by atoms with Crippen molar-refractivity contribution in [1.82, 2.24) is 20.1 Å². The van der Waals surface area contributed by atoms with Gasteiger partial charge in [0.25, 0.3) is 0 Å². The van der Waals surface area contributed by atoms with Gasteiger partial charge in [0.2, 0.25) is 0 Å². The van der Waals surface area contributed by atoms with Gasteiger partial charge in [-0.1, -0.05) is 30.0 Å². The van der Waals surface area contributed by atoms with Crippen molar-refractivity contribution in [2.45, 2.75) is 36.0 Å². The summed E-state index contributed by atoms with van der Waals surface area (Å²) in [6.07, 6.45) is -2.54. The summed E-state index contributed by atoms with van der Waals surface area (Å²) in [5, 5.41) is 12.5. The number of hydrogen-bond acceptors (Lipinski definition) is 5. The molecule has 2 aromatic rings. The molecule has 10 heteroatoms. The van der Waals surface area contributed by atoms with Crippen molar-refractivity contribution in [3.63, 3.8) is 0 Å². The number of nitrogens with zero attached hydrogens (tertiary/aromatic N) is 3. The Labute approximate surface area is 160 Å². The minimum atomic E-state index is -4.70. The van der Waals surface area contributed by atoms with E-state index in [-0.39, 0.29) is 18.2 Å². The molecule has 5 nitrogen and oxygen atoms in total. The van der Waals surface area contributed by atoms with Gasteiger partial charge >= 0.3 is 6.36 Å². The molecule has 1 aliphatic heterocycles. The molecule has 1 unspecified atom stereocenters. The van der Waals surface area contributed by atoms with Crippen LogP contribution in [-0.2, 0) is 12.8 Å². The topological polar surface area (TPSA) is 52.0 Å². The fraction of sp³-hybridized carbons (Fsp3) is 0.500. The maximum atomic E-state index is 12.5. The highest BCUT2D eigenvalue weighted by atomic mass is 35.5. The third-order valence-electron chi connectivity index (χ3n) is 4.09. The van der Waals surface area contributed by atoms with Crippen LogP contribution in [0.2, 0.25) is 0 Å². The van der Waals surface area contributed by atoms with Crippen LogP contribution >= 0.6 is 24.2 Å². The van der Waals surface area contributed by atoms with Crippen molar-refractivity contribution in [2.75, 3.05) is 13.1 Å². The number of para-hydroxylation sites is 1. The second kappa shape index (κ2) is 8.96. The lowest BCUT2D eigenvalue weighted by atomic mass is 9.99. The number of thioether (sulfide) groups is 1. The lowest BCUT2D eigenvalue weighted by Crippen LogP contribution is -2.29. The summed E-state index contributed by atoms with van der Waals surface area (Å²) < 4.78 is 43.5. The van der Waals surface area contributed by atoms with Gasteiger partial charge in [0, 0.05) is 30.8 Å². The van der Waals surface area contributed by atoms with Crippen LogP contribution in [0.1, 0.15) is 30.1 Å². The van der Waals surface area contributed by atoms with E-state index in [1.165, 1.54) is 23.9 Å². The Balaban J connectivity index is 0.00000243. The van der Waals surface area contributed by atoms with Gasteiger partial charge in [0.1, 0.15) is 11.6 Å². The van der Waals surface area contributed by atoms with Crippen molar-refractivity contribution in [1.29, 1.82) is 0 Å². The quantitative estimate of drug-likeness (QED) is 0.760. The van der Waals surface area contributed by atoms with Crippen LogP contribution in [-0.4, -0.2) is 34.2 Å². The number of rotatable bonds is 5. The van der Waals surface area contributed by atoms with E-state index in [1.807, 2.05) is 11.6 Å². The summed E-state index contributed by atoms with van der Waals surface area (Å²) in [6, 6.07) is 6.15. The predicted octanol–water partition coefficient (Wildman–Crippen LogP) is 3.89. The maximum Gasteiger partial charge on any atom is 0.573 e. The van der Waals surface area contributed by atoms with Crippen LogP contribution in [0.5, 0.6) is 5.75 Å². The Hall–Kier alpha value is -1.45. The highest BCUT2D eigenvalue weighted by molar-refractivity contribution is 7.98. The van der Waals surface area contributed by atoms with Gasteiger partial charge in [-0.15, -0.1) is 35.8 Å². The fourth-order valence-corrected chi connectivity index (χ4v) is 3.78. The van der Waals surface area contributed by atoms with E-state index < -0.39 is 6.36 Å². The van der Waals surface area contributed by atoms with Gasteiger partial charge in [-0.2, -0.15) is 0 Å². The summed E-state index contributed by atoms with van der Waals surface area (Å²) >= 11 is 1.35. The van der Waals surface area contributed by atoms with E-state index in [0.717, 1.165) is 31.8 Å². The number of aromatic nitrogens is 3. The third kappa shape index (κ3) is 5.28. The molecular formula is C16H20ClF3N4OS. The highest BCUT2D eigenvalue weighted by Gasteiger charge is 2.32. The van der Waals surface area contributed by atoms with Crippen LogP contribution in [0.15, 0.2) is 29.4 Å². The molecule has 0 saturated carbocycles. The first-order valence-corrected chi connectivity index (χ1v) is 8.99. The molecule has 0 bridgehead atoms. The molecule has 1 aromatic heterocycles. The summed E-state index contributed by atoms with van der Waals surface area (Å²) in [4.78, 5) is 0. The summed E-state index contributed by atoms with van der Waals surface area (Å²) in [5.41, 5.74) is 0.466. The molecule has 2 heterocycles. The molecule has 144 valence electrons. The molecule has 0 spiro atoms. The van der Waals surface area contributed by atoms with Crippen LogP contribution in [0.4, 0.5) is 13.2 Å². The molecule has 1 fully saturated rings. The van der Waals surface area contributed by atoms with E-state index in [4.69, 9.17) is 0 Å². The van der Waals surface area contributed by atoms with Crippen LogP contribution < -0.4 is 10.1 Å². The first kappa shape index (κ1) is 20.9. The van der Waals surface area contributed by atoms with E-state index >= 15 is 0 Å². The van der Waals surface area contributed by atoms with E-state index in [0.29, 0.717) is 22.4 Å². The first-order valence-electron chi connectivity index (χ1n) is 8.00. The smallest absolute Gasteiger partial charge is 0.405 e. The van der Waals surface area contributed by atoms with E-state index in [1.54, 1.807) is 12.1 Å². The van der Waals surface area contributed by atoms with Gasteiger partial charge in [-0.25, -0.2) is 0 Å². The molecule has 0 radical (unpaired) electrons. The molecule has 3 rings (SSSR count). The standard InChI is InChI=1S/C16H19F3N4OS.ClH/c1-23-14(11-6-4-8-20-9-11)21-22-15(23)25-10-12-5-2-3-7-13(12)24-16(17,18)19;/h2-3,5,7,11,20H,4,6,8-10H2,1H3;1H. The summed E-state index contributed by atoms with van der Waals surface area (Å²) in [7, 11) is 1.89. The minimum absolute atomic E-state index is 0. The number of alkyl halides is 3. The molecule has 0 aliphatic carbocycles. The molecule has 26 heavy (non-hydrogen) atoms. The van der Waals surface area contributed by atoms with Crippen molar-refractivity contribution >= 4 is 24.2 Å². The van der Waals surface area contributed by atoms with Gasteiger partial charge < -0.3 is 14.6 Å². The average Bonchev–Trinajstić information content (AvgIpc) is 2.94. The lowest BCUT2D eigenvalue weighted by molar-refractivity contribution is -0.274. The average molecular weight is 409 g/mol. The molecule has 1 saturated heterocycles. The predicted molar refractivity (Wildman–Crippen MR) is 95.8 cm³/mol. The SMILES string of the molecule is Cl.Cn1c(SCc2ccccc2OC(F)(F)F)nnc1C1CCCNC1. The molecule has 1 aromatic carbocycles. The van der Waals surface area contributed by atoms with Gasteiger partial charge in [0.05, 0.1) is 0 Å². The van der Waals surface area contributed by atoms with Crippen molar-refractivity contribution in [2.24, 2.45) is 7.05 Å². The number of piperidine rings is 1. The number of benzene rings is 1. The van der Waals surface area contributed by atoms with Crippen LogP contribution in [0.25, 0.3) is 0 Å². The second-order valence-corrected chi connectivity index (χ2v) is 6.83. The number of nitrogens with one attached hydrogen (secondary N) is 1. The van der Waals surface area contributed by atoms with Gasteiger partial charge in [-0.05, 0) is 25.5 Å². The maximum absolute atomic E-state index is 12.5. The molecule has 1 atom stereocenters. The largest absolute Gasteiger partial charge is 0.573 e. The normalized spacial score (nSPS) is 17.6. The van der Waals surface area contributed by atoms with Crippen LogP contribution in [0, 0.1) is 0 Å². The fourth-order valence-electron chi connectivity index (χ4n) is 2.87. The Morgan fingerprint density at radius 2 is 2.08 bits per heavy atom. The Morgan fingerprint density at radius 1 is 1.31 bits per heavy atom. The number of hydrogen-bond donors (Lipinski definition) is 1. The summed E-state index contributed by atoms with van der Waals surface area (Å²) in [6.45, 7) is 1.89. The first-order chi connectivity index (χ1) is 11.9. The third-order valence-corrected chi connectivity index (χ3v) is 5.15. The molecule has 0 amide bonds. The van der Waals surface area contributed by atoms with Gasteiger partial charge in [-0.3, -0.25) is 0 Å². The minimum Gasteiger partial charge on any atom is -0.405 e. The van der Waals surface area contributed by atoms with Gasteiger partial charge in [0.15, 0.2) is 5.16 Å².